The Morgan fingerprint density at radius 1 is 0.552 bits per heavy atom. The fourth-order valence-electron chi connectivity index (χ4n) is 3.82. The lowest BCUT2D eigenvalue weighted by Gasteiger charge is -2.22. The molecule has 0 aliphatic rings. The van der Waals surface area contributed by atoms with E-state index in [0.717, 1.165) is 61.9 Å². The van der Waals surface area contributed by atoms with Crippen LogP contribution in [0.1, 0.15) is 38.8 Å². The van der Waals surface area contributed by atoms with E-state index in [2.05, 4.69) is 98.2 Å². The number of benzene rings is 2. The van der Waals surface area contributed by atoms with Crippen molar-refractivity contribution < 1.29 is 4.42 Å². The van der Waals surface area contributed by atoms with Crippen LogP contribution in [0.2, 0.25) is 0 Å². The Morgan fingerprint density at radius 3 is 1.21 bits per heavy atom. The zero-order valence-electron chi connectivity index (χ0n) is 18.3. The van der Waals surface area contributed by atoms with E-state index in [4.69, 9.17) is 4.42 Å². The first-order chi connectivity index (χ1) is 14.2. The Balaban J connectivity index is 2.20. The van der Waals surface area contributed by atoms with Crippen molar-refractivity contribution in [2.75, 3.05) is 26.2 Å². The second-order valence-electron chi connectivity index (χ2n) is 7.37. The average Bonchev–Trinajstić information content (AvgIpc) is 3.14. The fraction of sp³-hybridized carbons (Fsp3) is 0.385. The minimum atomic E-state index is 0.907. The third-order valence-corrected chi connectivity index (χ3v) is 5.74. The van der Waals surface area contributed by atoms with E-state index >= 15 is 0 Å². The predicted octanol–water partition coefficient (Wildman–Crippen LogP) is 6.30. The van der Waals surface area contributed by atoms with Gasteiger partial charge in [0.15, 0.2) is 0 Å². The average molecular weight is 391 g/mol. The molecule has 154 valence electrons. The quantitative estimate of drug-likeness (QED) is 0.405. The van der Waals surface area contributed by atoms with E-state index in [0.29, 0.717) is 0 Å². The summed E-state index contributed by atoms with van der Waals surface area (Å²) in [7, 11) is 0. The molecule has 3 aromatic rings. The summed E-state index contributed by atoms with van der Waals surface area (Å²) < 4.78 is 6.64. The Kier molecular flexibility index (Phi) is 7.68. The van der Waals surface area contributed by atoms with Gasteiger partial charge in [-0.25, -0.2) is 0 Å². The summed E-state index contributed by atoms with van der Waals surface area (Å²) in [5, 5.41) is 0. The molecule has 0 fully saturated rings. The number of hydrogen-bond acceptors (Lipinski definition) is 3. The maximum absolute atomic E-state index is 6.64. The summed E-state index contributed by atoms with van der Waals surface area (Å²) in [6.45, 7) is 14.9. The van der Waals surface area contributed by atoms with Crippen LogP contribution in [0.3, 0.4) is 0 Å². The second kappa shape index (κ2) is 10.4. The largest absolute Gasteiger partial charge is 0.455 e. The Bertz CT molecular complexity index is 790. The van der Waals surface area contributed by atoms with Crippen molar-refractivity contribution in [1.29, 1.82) is 0 Å². The molecule has 3 heteroatoms. The Labute approximate surface area is 176 Å². The van der Waals surface area contributed by atoms with E-state index in [1.165, 1.54) is 11.1 Å². The van der Waals surface area contributed by atoms with Crippen LogP contribution >= 0.6 is 0 Å². The first-order valence-electron chi connectivity index (χ1n) is 10.9. The molecule has 0 aliphatic heterocycles. The summed E-state index contributed by atoms with van der Waals surface area (Å²) >= 11 is 0. The highest BCUT2D eigenvalue weighted by Gasteiger charge is 2.24. The fourth-order valence-corrected chi connectivity index (χ4v) is 3.82. The predicted molar refractivity (Wildman–Crippen MR) is 123 cm³/mol. The van der Waals surface area contributed by atoms with Crippen LogP contribution in [-0.2, 0) is 13.1 Å². The van der Waals surface area contributed by atoms with Gasteiger partial charge in [-0.05, 0) is 26.2 Å². The second-order valence-corrected chi connectivity index (χ2v) is 7.37. The summed E-state index contributed by atoms with van der Waals surface area (Å²) in [6.07, 6.45) is 0. The van der Waals surface area contributed by atoms with Crippen molar-refractivity contribution >= 4 is 0 Å². The summed E-state index contributed by atoms with van der Waals surface area (Å²) in [5.74, 6) is 2.03. The van der Waals surface area contributed by atoms with Gasteiger partial charge in [0, 0.05) is 35.3 Å². The molecule has 0 saturated carbocycles. The summed E-state index contributed by atoms with van der Waals surface area (Å²) in [5.41, 5.74) is 4.95. The van der Waals surface area contributed by atoms with Crippen LogP contribution in [0.4, 0.5) is 0 Å². The van der Waals surface area contributed by atoms with Gasteiger partial charge in [0.05, 0.1) is 0 Å². The first-order valence-corrected chi connectivity index (χ1v) is 10.9. The molecule has 29 heavy (non-hydrogen) atoms. The molecule has 3 rings (SSSR count). The molecule has 1 aromatic heterocycles. The van der Waals surface area contributed by atoms with Gasteiger partial charge in [0.1, 0.15) is 11.5 Å². The standard InChI is InChI=1S/C26H34N2O/c1-5-27(6-2)19-23-24(20-28(7-3)8-4)26(22-17-13-10-14-18-22)29-25(23)21-15-11-9-12-16-21/h9-18H,5-8,19-20H2,1-4H3. The van der Waals surface area contributed by atoms with Crippen LogP contribution < -0.4 is 0 Å². The maximum atomic E-state index is 6.64. The lowest BCUT2D eigenvalue weighted by molar-refractivity contribution is 0.281. The van der Waals surface area contributed by atoms with E-state index in [9.17, 15) is 0 Å². The number of hydrogen-bond donors (Lipinski definition) is 0. The summed E-state index contributed by atoms with van der Waals surface area (Å²) in [6, 6.07) is 21.1. The lowest BCUT2D eigenvalue weighted by atomic mass is 10.00. The van der Waals surface area contributed by atoms with Crippen molar-refractivity contribution in [1.82, 2.24) is 9.80 Å². The van der Waals surface area contributed by atoms with Crippen molar-refractivity contribution in [2.45, 2.75) is 40.8 Å². The maximum Gasteiger partial charge on any atom is 0.139 e. The smallest absolute Gasteiger partial charge is 0.139 e. The molecule has 0 unspecified atom stereocenters. The zero-order chi connectivity index (χ0) is 20.6. The van der Waals surface area contributed by atoms with Gasteiger partial charge in [0.25, 0.3) is 0 Å². The molecule has 1 heterocycles. The molecule has 0 amide bonds. The van der Waals surface area contributed by atoms with Crippen LogP contribution in [-0.4, -0.2) is 36.0 Å². The third kappa shape index (κ3) is 4.98. The zero-order valence-corrected chi connectivity index (χ0v) is 18.3. The van der Waals surface area contributed by atoms with Crippen LogP contribution in [0.25, 0.3) is 22.6 Å². The minimum absolute atomic E-state index is 0.907. The monoisotopic (exact) mass is 390 g/mol. The van der Waals surface area contributed by atoms with E-state index < -0.39 is 0 Å². The van der Waals surface area contributed by atoms with Crippen molar-refractivity contribution in [2.24, 2.45) is 0 Å². The van der Waals surface area contributed by atoms with Crippen molar-refractivity contribution in [3.63, 3.8) is 0 Å². The molecule has 0 bridgehead atoms. The highest BCUT2D eigenvalue weighted by molar-refractivity contribution is 5.72. The van der Waals surface area contributed by atoms with Crippen molar-refractivity contribution in [3.8, 4) is 22.6 Å². The van der Waals surface area contributed by atoms with Gasteiger partial charge in [0.2, 0.25) is 0 Å². The highest BCUT2D eigenvalue weighted by atomic mass is 16.3. The van der Waals surface area contributed by atoms with Crippen LogP contribution in [0.5, 0.6) is 0 Å². The molecule has 2 aromatic carbocycles. The van der Waals surface area contributed by atoms with Crippen LogP contribution in [0, 0.1) is 0 Å². The molecule has 0 atom stereocenters. The number of nitrogens with zero attached hydrogens (tertiary/aromatic N) is 2. The topological polar surface area (TPSA) is 19.6 Å². The highest BCUT2D eigenvalue weighted by Crippen LogP contribution is 2.38. The van der Waals surface area contributed by atoms with Gasteiger partial charge >= 0.3 is 0 Å². The normalized spacial score (nSPS) is 11.5. The van der Waals surface area contributed by atoms with E-state index in [-0.39, 0.29) is 0 Å². The van der Waals surface area contributed by atoms with Gasteiger partial charge in [-0.1, -0.05) is 88.4 Å². The molecular formula is C26H34N2O. The van der Waals surface area contributed by atoms with Gasteiger partial charge in [-0.2, -0.15) is 0 Å². The summed E-state index contributed by atoms with van der Waals surface area (Å²) in [4.78, 5) is 4.94. The van der Waals surface area contributed by atoms with E-state index in [1.807, 2.05) is 0 Å². The first kappa shape index (κ1) is 21.4. The Hall–Kier alpha value is -2.36. The van der Waals surface area contributed by atoms with Gasteiger partial charge in [-0.3, -0.25) is 9.80 Å². The van der Waals surface area contributed by atoms with Crippen LogP contribution in [0.15, 0.2) is 65.1 Å². The molecule has 3 nitrogen and oxygen atoms in total. The van der Waals surface area contributed by atoms with Gasteiger partial charge in [-0.15, -0.1) is 0 Å². The molecule has 0 aliphatic carbocycles. The number of furan rings is 1. The molecular weight excluding hydrogens is 356 g/mol. The van der Waals surface area contributed by atoms with Crippen molar-refractivity contribution in [3.05, 3.63) is 71.8 Å². The number of rotatable bonds is 10. The minimum Gasteiger partial charge on any atom is -0.455 e. The molecule has 0 spiro atoms. The molecule has 0 radical (unpaired) electrons. The lowest BCUT2D eigenvalue weighted by Crippen LogP contribution is -2.25. The molecule has 0 N–H and O–H groups in total. The molecule has 0 saturated heterocycles. The Morgan fingerprint density at radius 2 is 0.897 bits per heavy atom. The van der Waals surface area contributed by atoms with Gasteiger partial charge < -0.3 is 4.42 Å². The van der Waals surface area contributed by atoms with E-state index in [1.54, 1.807) is 0 Å². The third-order valence-electron chi connectivity index (χ3n) is 5.74. The SMILES string of the molecule is CCN(CC)Cc1c(-c2ccccc2)oc(-c2ccccc2)c1CN(CC)CC.